The predicted octanol–water partition coefficient (Wildman–Crippen LogP) is 3.28. The quantitative estimate of drug-likeness (QED) is 0.549. The van der Waals surface area contributed by atoms with Gasteiger partial charge in [0.15, 0.2) is 15.9 Å². The molecule has 0 saturated carbocycles. The minimum Gasteiger partial charge on any atom is -0.454 e. The van der Waals surface area contributed by atoms with Crippen molar-refractivity contribution in [3.8, 4) is 0 Å². The molecule has 0 N–H and O–H groups in total. The number of ketones is 1. The smallest absolute Gasteiger partial charge is 0.307 e. The number of Topliss-reactive ketones (excluding diaryl/α,β-unsaturated/α-hetero) is 1. The first-order valence-corrected chi connectivity index (χ1v) is 9.94. The molecule has 2 aromatic carbocycles. The van der Waals surface area contributed by atoms with Crippen molar-refractivity contribution in [2.75, 3.05) is 5.75 Å². The van der Waals surface area contributed by atoms with E-state index in [1.165, 1.54) is 19.1 Å². The summed E-state index contributed by atoms with van der Waals surface area (Å²) in [7, 11) is -3.57. The largest absolute Gasteiger partial charge is 0.454 e. The number of carbonyl (C=O) groups excluding carboxylic acids is 2. The minimum atomic E-state index is -3.57. The molecule has 2 rings (SSSR count). The zero-order chi connectivity index (χ0) is 19.3. The van der Waals surface area contributed by atoms with Gasteiger partial charge >= 0.3 is 5.97 Å². The first-order valence-electron chi connectivity index (χ1n) is 8.29. The maximum atomic E-state index is 12.3. The lowest BCUT2D eigenvalue weighted by atomic mass is 10.1. The van der Waals surface area contributed by atoms with Gasteiger partial charge in [-0.25, -0.2) is 8.42 Å². The normalized spacial score (nSPS) is 12.4. The van der Waals surface area contributed by atoms with Crippen molar-refractivity contribution in [1.29, 1.82) is 0 Å². The number of hydrogen-bond donors (Lipinski definition) is 0. The van der Waals surface area contributed by atoms with E-state index >= 15 is 0 Å². The van der Waals surface area contributed by atoms with Crippen LogP contribution in [0.3, 0.4) is 0 Å². The van der Waals surface area contributed by atoms with Crippen LogP contribution in [0.2, 0.25) is 0 Å². The van der Waals surface area contributed by atoms with Crippen LogP contribution in [-0.4, -0.2) is 32.0 Å². The number of hydrogen-bond acceptors (Lipinski definition) is 5. The molecule has 0 aliphatic rings. The molecule has 26 heavy (non-hydrogen) atoms. The Morgan fingerprint density at radius 2 is 1.42 bits per heavy atom. The fourth-order valence-corrected chi connectivity index (χ4v) is 3.57. The molecule has 0 aliphatic carbocycles. The summed E-state index contributed by atoms with van der Waals surface area (Å²) in [6, 6.07) is 13.4. The molecule has 0 spiro atoms. The lowest BCUT2D eigenvalue weighted by molar-refractivity contribution is -0.145. The molecule has 2 aromatic rings. The van der Waals surface area contributed by atoms with E-state index in [9.17, 15) is 18.0 Å². The predicted molar refractivity (Wildman–Crippen MR) is 98.9 cm³/mol. The Labute approximate surface area is 153 Å². The van der Waals surface area contributed by atoms with E-state index in [1.807, 2.05) is 13.8 Å². The molecule has 0 radical (unpaired) electrons. The summed E-state index contributed by atoms with van der Waals surface area (Å²) in [5.41, 5.74) is 2.42. The number of benzene rings is 2. The van der Waals surface area contributed by atoms with Crippen LogP contribution >= 0.6 is 0 Å². The van der Waals surface area contributed by atoms with E-state index in [4.69, 9.17) is 4.74 Å². The summed E-state index contributed by atoms with van der Waals surface area (Å²) in [6.45, 7) is 5.25. The molecule has 0 aromatic heterocycles. The van der Waals surface area contributed by atoms with Gasteiger partial charge in [0.2, 0.25) is 5.78 Å². The van der Waals surface area contributed by atoms with Crippen molar-refractivity contribution < 1.29 is 22.7 Å². The maximum absolute atomic E-state index is 12.3. The Kier molecular flexibility index (Phi) is 6.32. The molecule has 138 valence electrons. The van der Waals surface area contributed by atoms with Gasteiger partial charge in [-0.05, 0) is 32.9 Å². The highest BCUT2D eigenvalue weighted by molar-refractivity contribution is 7.91. The van der Waals surface area contributed by atoms with Crippen LogP contribution in [0.15, 0.2) is 53.4 Å². The fraction of sp³-hybridized carbons (Fsp3) is 0.300. The average molecular weight is 374 g/mol. The second-order valence-electron chi connectivity index (χ2n) is 6.24. The van der Waals surface area contributed by atoms with Crippen molar-refractivity contribution in [1.82, 2.24) is 0 Å². The average Bonchev–Trinajstić information content (AvgIpc) is 2.60. The summed E-state index contributed by atoms with van der Waals surface area (Å²) in [5.74, 6) is -1.39. The summed E-state index contributed by atoms with van der Waals surface area (Å²) < 4.78 is 29.6. The van der Waals surface area contributed by atoms with E-state index in [0.29, 0.717) is 5.56 Å². The molecule has 0 unspecified atom stereocenters. The first-order chi connectivity index (χ1) is 12.2. The van der Waals surface area contributed by atoms with Crippen molar-refractivity contribution in [2.24, 2.45) is 0 Å². The van der Waals surface area contributed by atoms with Gasteiger partial charge in [0.05, 0.1) is 17.1 Å². The third-order valence-corrected chi connectivity index (χ3v) is 5.70. The molecule has 1 atom stereocenters. The van der Waals surface area contributed by atoms with Gasteiger partial charge in [0, 0.05) is 5.56 Å². The molecule has 0 bridgehead atoms. The number of rotatable bonds is 7. The zero-order valence-corrected chi connectivity index (χ0v) is 15.9. The molecular weight excluding hydrogens is 352 g/mol. The topological polar surface area (TPSA) is 77.5 Å². The van der Waals surface area contributed by atoms with Crippen molar-refractivity contribution in [2.45, 2.75) is 38.2 Å². The minimum absolute atomic E-state index is 0.166. The Bertz CT molecular complexity index is 881. The highest BCUT2D eigenvalue weighted by Crippen LogP contribution is 2.14. The SMILES string of the molecule is Cc1ccc(C(=O)[C@H](C)OC(=O)CCS(=O)(=O)c2ccc(C)cc2)cc1. The number of ether oxygens (including phenoxy) is 1. The number of esters is 1. The highest BCUT2D eigenvalue weighted by Gasteiger charge is 2.22. The zero-order valence-electron chi connectivity index (χ0n) is 15.1. The first kappa shape index (κ1) is 19.8. The third kappa shape index (κ3) is 5.26. The highest BCUT2D eigenvalue weighted by atomic mass is 32.2. The maximum Gasteiger partial charge on any atom is 0.307 e. The molecule has 0 aliphatic heterocycles. The molecule has 0 amide bonds. The van der Waals surface area contributed by atoms with Gasteiger partial charge in [0.1, 0.15) is 0 Å². The number of aryl methyl sites for hydroxylation is 2. The van der Waals surface area contributed by atoms with E-state index in [0.717, 1.165) is 11.1 Å². The van der Waals surface area contributed by atoms with Crippen LogP contribution in [0.25, 0.3) is 0 Å². The van der Waals surface area contributed by atoms with Gasteiger partial charge in [-0.15, -0.1) is 0 Å². The monoisotopic (exact) mass is 374 g/mol. The molecular formula is C20H22O5S. The van der Waals surface area contributed by atoms with Crippen LogP contribution in [0, 0.1) is 13.8 Å². The van der Waals surface area contributed by atoms with Gasteiger partial charge < -0.3 is 4.74 Å². The van der Waals surface area contributed by atoms with Crippen LogP contribution in [0.5, 0.6) is 0 Å². The molecule has 5 nitrogen and oxygen atoms in total. The van der Waals surface area contributed by atoms with Crippen molar-refractivity contribution >= 4 is 21.6 Å². The van der Waals surface area contributed by atoms with Gasteiger partial charge in [-0.1, -0.05) is 47.5 Å². The van der Waals surface area contributed by atoms with E-state index in [1.54, 1.807) is 36.4 Å². The molecule has 0 heterocycles. The Morgan fingerprint density at radius 3 is 1.96 bits per heavy atom. The van der Waals surface area contributed by atoms with Crippen molar-refractivity contribution in [3.63, 3.8) is 0 Å². The fourth-order valence-electron chi connectivity index (χ4n) is 2.34. The Balaban J connectivity index is 1.92. The molecule has 0 saturated heterocycles. The summed E-state index contributed by atoms with van der Waals surface area (Å²) in [5, 5.41) is 0. The van der Waals surface area contributed by atoms with Gasteiger partial charge in [-0.3, -0.25) is 9.59 Å². The lowest BCUT2D eigenvalue weighted by Gasteiger charge is -2.12. The second-order valence-corrected chi connectivity index (χ2v) is 8.35. The van der Waals surface area contributed by atoms with Crippen molar-refractivity contribution in [3.05, 3.63) is 65.2 Å². The molecule has 0 fully saturated rings. The van der Waals surface area contributed by atoms with Crippen LogP contribution in [0.4, 0.5) is 0 Å². The van der Waals surface area contributed by atoms with E-state index in [2.05, 4.69) is 0 Å². The number of sulfone groups is 1. The van der Waals surface area contributed by atoms with Crippen LogP contribution in [0.1, 0.15) is 34.8 Å². The summed E-state index contributed by atoms with van der Waals surface area (Å²) in [4.78, 5) is 24.4. The van der Waals surface area contributed by atoms with Gasteiger partial charge in [-0.2, -0.15) is 0 Å². The summed E-state index contributed by atoms with van der Waals surface area (Å²) in [6.07, 6.45) is -1.27. The standard InChI is InChI=1S/C20H22O5S/c1-14-4-8-17(9-5-14)20(22)16(3)25-19(21)12-13-26(23,24)18-10-6-15(2)7-11-18/h4-11,16H,12-13H2,1-3H3/t16-/m0/s1. The second kappa shape index (κ2) is 8.27. The number of carbonyl (C=O) groups is 2. The lowest BCUT2D eigenvalue weighted by Crippen LogP contribution is -2.25. The van der Waals surface area contributed by atoms with E-state index in [-0.39, 0.29) is 22.9 Å². The third-order valence-electron chi connectivity index (χ3n) is 3.97. The Morgan fingerprint density at radius 1 is 0.923 bits per heavy atom. The van der Waals surface area contributed by atoms with E-state index < -0.39 is 21.9 Å². The summed E-state index contributed by atoms with van der Waals surface area (Å²) >= 11 is 0. The Hall–Kier alpha value is -2.47. The van der Waals surface area contributed by atoms with Crippen LogP contribution < -0.4 is 0 Å². The van der Waals surface area contributed by atoms with Crippen LogP contribution in [-0.2, 0) is 19.4 Å². The van der Waals surface area contributed by atoms with Gasteiger partial charge in [0.25, 0.3) is 0 Å². The molecule has 6 heteroatoms.